The molecule has 0 aromatic carbocycles. The van der Waals surface area contributed by atoms with Crippen LogP contribution in [0.1, 0.15) is 38.6 Å². The molecule has 7 nitrogen and oxygen atoms in total. The van der Waals surface area contributed by atoms with E-state index in [0.29, 0.717) is 19.6 Å². The van der Waals surface area contributed by atoms with Gasteiger partial charge in [-0.05, 0) is 37.1 Å². The van der Waals surface area contributed by atoms with Gasteiger partial charge in [0.05, 0.1) is 6.04 Å². The van der Waals surface area contributed by atoms with Gasteiger partial charge < -0.3 is 10.1 Å². The Bertz CT molecular complexity index is 398. The zero-order chi connectivity index (χ0) is 13.0. The molecular formula is C11H19N5O2. The lowest BCUT2D eigenvalue weighted by Crippen LogP contribution is -2.35. The quantitative estimate of drug-likeness (QED) is 0.804. The number of hydrogen-bond donors (Lipinski definition) is 1. The number of carbonyl (C=O) groups is 1. The predicted molar refractivity (Wildman–Crippen MR) is 63.9 cm³/mol. The fraction of sp³-hybridized carbons (Fsp3) is 0.818. The van der Waals surface area contributed by atoms with Gasteiger partial charge >= 0.3 is 0 Å². The fourth-order valence-corrected chi connectivity index (χ4v) is 1.97. The average molecular weight is 253 g/mol. The van der Waals surface area contributed by atoms with E-state index in [-0.39, 0.29) is 18.1 Å². The molecule has 1 aromatic rings. The largest absolute Gasteiger partial charge is 0.368 e. The van der Waals surface area contributed by atoms with Crippen molar-refractivity contribution in [1.29, 1.82) is 0 Å². The standard InChI is InChI=1S/C11H19N5O2/c1-8(2)16-10(13-14-15-16)5-6-12-11(17)9-4-3-7-18-9/h8-9H,3-7H2,1-2H3,(H,12,17). The molecule has 2 heterocycles. The van der Waals surface area contributed by atoms with Gasteiger partial charge in [0.2, 0.25) is 5.91 Å². The Kier molecular flexibility index (Phi) is 4.24. The van der Waals surface area contributed by atoms with Crippen LogP contribution in [0.25, 0.3) is 0 Å². The first kappa shape index (κ1) is 12.9. The summed E-state index contributed by atoms with van der Waals surface area (Å²) in [6.07, 6.45) is 2.13. The number of rotatable bonds is 5. The third-order valence-corrected chi connectivity index (χ3v) is 2.92. The molecule has 7 heteroatoms. The molecule has 1 aromatic heterocycles. The van der Waals surface area contributed by atoms with E-state index in [1.54, 1.807) is 4.68 Å². The van der Waals surface area contributed by atoms with Crippen LogP contribution in [-0.4, -0.2) is 45.4 Å². The second-order valence-electron chi connectivity index (χ2n) is 4.68. The summed E-state index contributed by atoms with van der Waals surface area (Å²) < 4.78 is 7.07. The number of nitrogens with one attached hydrogen (secondary N) is 1. The summed E-state index contributed by atoms with van der Waals surface area (Å²) in [5.41, 5.74) is 0. The van der Waals surface area contributed by atoms with Crippen LogP contribution in [0.5, 0.6) is 0 Å². The van der Waals surface area contributed by atoms with Crippen LogP contribution in [-0.2, 0) is 16.0 Å². The molecule has 1 aliphatic rings. The number of amides is 1. The molecule has 1 saturated heterocycles. The van der Waals surface area contributed by atoms with E-state index in [0.717, 1.165) is 18.7 Å². The first-order valence-electron chi connectivity index (χ1n) is 6.34. The normalized spacial score (nSPS) is 19.4. The van der Waals surface area contributed by atoms with Crippen LogP contribution in [0.4, 0.5) is 0 Å². The molecule has 1 N–H and O–H groups in total. The van der Waals surface area contributed by atoms with Gasteiger partial charge in [-0.25, -0.2) is 4.68 Å². The van der Waals surface area contributed by atoms with Crippen LogP contribution < -0.4 is 5.32 Å². The van der Waals surface area contributed by atoms with Gasteiger partial charge in [-0.1, -0.05) is 0 Å². The molecule has 1 amide bonds. The molecule has 1 atom stereocenters. The van der Waals surface area contributed by atoms with Gasteiger partial charge in [0.1, 0.15) is 6.10 Å². The SMILES string of the molecule is CC(C)n1nnnc1CCNC(=O)C1CCCO1. The average Bonchev–Trinajstić information content (AvgIpc) is 2.99. The van der Waals surface area contributed by atoms with Crippen molar-refractivity contribution in [2.24, 2.45) is 0 Å². The summed E-state index contributed by atoms with van der Waals surface area (Å²) in [5, 5.41) is 14.4. The van der Waals surface area contributed by atoms with Crippen molar-refractivity contribution in [1.82, 2.24) is 25.5 Å². The molecule has 2 rings (SSSR count). The monoisotopic (exact) mass is 253 g/mol. The number of ether oxygens (including phenoxy) is 1. The summed E-state index contributed by atoms with van der Waals surface area (Å²) in [4.78, 5) is 11.7. The Morgan fingerprint density at radius 3 is 3.11 bits per heavy atom. The van der Waals surface area contributed by atoms with Crippen molar-refractivity contribution in [3.8, 4) is 0 Å². The first-order chi connectivity index (χ1) is 8.68. The van der Waals surface area contributed by atoms with Crippen LogP contribution in [0.3, 0.4) is 0 Å². The molecule has 1 fully saturated rings. The van der Waals surface area contributed by atoms with Gasteiger partial charge in [-0.3, -0.25) is 4.79 Å². The lowest BCUT2D eigenvalue weighted by Gasteiger charge is -2.11. The highest BCUT2D eigenvalue weighted by atomic mass is 16.5. The third-order valence-electron chi connectivity index (χ3n) is 2.92. The predicted octanol–water partition coefficient (Wildman–Crippen LogP) is 0.0917. The molecule has 0 spiro atoms. The topological polar surface area (TPSA) is 81.9 Å². The van der Waals surface area contributed by atoms with Gasteiger partial charge in [-0.2, -0.15) is 0 Å². The summed E-state index contributed by atoms with van der Waals surface area (Å²) >= 11 is 0. The first-order valence-corrected chi connectivity index (χ1v) is 6.34. The molecule has 100 valence electrons. The summed E-state index contributed by atoms with van der Waals surface area (Å²) in [6, 6.07) is 0.226. The maximum atomic E-state index is 11.7. The zero-order valence-corrected chi connectivity index (χ0v) is 10.8. The lowest BCUT2D eigenvalue weighted by molar-refractivity contribution is -0.130. The number of aromatic nitrogens is 4. The third kappa shape index (κ3) is 3.04. The molecule has 0 bridgehead atoms. The van der Waals surface area contributed by atoms with E-state index in [1.165, 1.54) is 0 Å². The maximum Gasteiger partial charge on any atom is 0.249 e. The van der Waals surface area contributed by atoms with Crippen LogP contribution in [0.15, 0.2) is 0 Å². The molecule has 0 aliphatic carbocycles. The van der Waals surface area contributed by atoms with Crippen molar-refractivity contribution in [3.05, 3.63) is 5.82 Å². The Morgan fingerprint density at radius 2 is 2.44 bits per heavy atom. The second-order valence-corrected chi connectivity index (χ2v) is 4.68. The van der Waals surface area contributed by atoms with E-state index in [1.807, 2.05) is 13.8 Å². The van der Waals surface area contributed by atoms with E-state index >= 15 is 0 Å². The number of hydrogen-bond acceptors (Lipinski definition) is 5. The Hall–Kier alpha value is -1.50. The summed E-state index contributed by atoms with van der Waals surface area (Å²) in [7, 11) is 0. The second kappa shape index (κ2) is 5.90. The van der Waals surface area contributed by atoms with E-state index in [9.17, 15) is 4.79 Å². The number of nitrogens with zero attached hydrogens (tertiary/aromatic N) is 4. The summed E-state index contributed by atoms with van der Waals surface area (Å²) in [6.45, 7) is 5.26. The number of carbonyl (C=O) groups excluding carboxylic acids is 1. The van der Waals surface area contributed by atoms with Gasteiger partial charge in [0.25, 0.3) is 0 Å². The van der Waals surface area contributed by atoms with Crippen LogP contribution in [0, 0.1) is 0 Å². The van der Waals surface area contributed by atoms with Gasteiger partial charge in [-0.15, -0.1) is 5.10 Å². The minimum Gasteiger partial charge on any atom is -0.368 e. The van der Waals surface area contributed by atoms with Crippen molar-refractivity contribution in [3.63, 3.8) is 0 Å². The summed E-state index contributed by atoms with van der Waals surface area (Å²) in [5.74, 6) is 0.758. The van der Waals surface area contributed by atoms with Crippen molar-refractivity contribution in [2.45, 2.75) is 45.3 Å². The minimum atomic E-state index is -0.272. The molecule has 0 saturated carbocycles. The van der Waals surface area contributed by atoms with E-state index in [4.69, 9.17) is 4.74 Å². The molecular weight excluding hydrogens is 234 g/mol. The molecule has 1 aliphatic heterocycles. The minimum absolute atomic E-state index is 0.0314. The molecule has 0 radical (unpaired) electrons. The lowest BCUT2D eigenvalue weighted by atomic mass is 10.2. The van der Waals surface area contributed by atoms with Crippen LogP contribution >= 0.6 is 0 Å². The highest BCUT2D eigenvalue weighted by Gasteiger charge is 2.23. The zero-order valence-electron chi connectivity index (χ0n) is 10.8. The van der Waals surface area contributed by atoms with Gasteiger partial charge in [0.15, 0.2) is 5.82 Å². The Balaban J connectivity index is 1.77. The van der Waals surface area contributed by atoms with E-state index < -0.39 is 0 Å². The van der Waals surface area contributed by atoms with Gasteiger partial charge in [0, 0.05) is 19.6 Å². The maximum absolute atomic E-state index is 11.7. The van der Waals surface area contributed by atoms with Crippen LogP contribution in [0.2, 0.25) is 0 Å². The molecule has 18 heavy (non-hydrogen) atoms. The van der Waals surface area contributed by atoms with E-state index in [2.05, 4.69) is 20.8 Å². The van der Waals surface area contributed by atoms with Crippen molar-refractivity contribution >= 4 is 5.91 Å². The highest BCUT2D eigenvalue weighted by Crippen LogP contribution is 2.11. The Morgan fingerprint density at radius 1 is 1.61 bits per heavy atom. The molecule has 1 unspecified atom stereocenters. The number of tetrazole rings is 1. The smallest absolute Gasteiger partial charge is 0.249 e. The highest BCUT2D eigenvalue weighted by molar-refractivity contribution is 5.80. The fourth-order valence-electron chi connectivity index (χ4n) is 1.97. The van der Waals surface area contributed by atoms with Crippen molar-refractivity contribution in [2.75, 3.05) is 13.2 Å². The van der Waals surface area contributed by atoms with Crippen molar-refractivity contribution < 1.29 is 9.53 Å². The Labute approximate surface area is 106 Å².